The first kappa shape index (κ1) is 25.7. The molecule has 1 aliphatic heterocycles. The first-order chi connectivity index (χ1) is 18.4. The number of amides is 1. The number of nitrogens with one attached hydrogen (secondary N) is 1. The third-order valence-corrected chi connectivity index (χ3v) is 7.24. The normalized spacial score (nSPS) is 16.3. The summed E-state index contributed by atoms with van der Waals surface area (Å²) in [6.45, 7) is 6.78. The van der Waals surface area contributed by atoms with Crippen LogP contribution in [0.4, 0.5) is 4.39 Å². The van der Waals surface area contributed by atoms with Gasteiger partial charge in [-0.2, -0.15) is 0 Å². The topological polar surface area (TPSA) is 70.7 Å². The van der Waals surface area contributed by atoms with Crippen molar-refractivity contribution in [1.29, 1.82) is 0 Å². The first-order valence-electron chi connectivity index (χ1n) is 12.9. The van der Waals surface area contributed by atoms with Crippen LogP contribution in [0.3, 0.4) is 0 Å². The third kappa shape index (κ3) is 5.22. The number of hydrogen-bond acceptors (Lipinski definition) is 5. The molecule has 8 heteroatoms. The van der Waals surface area contributed by atoms with Crippen molar-refractivity contribution in [1.82, 2.24) is 19.8 Å². The Bertz CT molecular complexity index is 1430. The van der Waals surface area contributed by atoms with Gasteiger partial charge in [-0.3, -0.25) is 9.69 Å². The van der Waals surface area contributed by atoms with Gasteiger partial charge in [-0.15, -0.1) is 0 Å². The highest BCUT2D eigenvalue weighted by atomic mass is 19.1. The SMILES string of the molecule is COc1cc(OC)cc(-c2nc3ccc(C(=O)N4CCN(Cc5ccccc5F)CC4C(C)C)cc3[nH]2)c1. The lowest BCUT2D eigenvalue weighted by Crippen LogP contribution is -2.56. The van der Waals surface area contributed by atoms with Gasteiger partial charge in [0.1, 0.15) is 23.1 Å². The molecule has 1 N–H and O–H groups in total. The monoisotopic (exact) mass is 516 g/mol. The van der Waals surface area contributed by atoms with Gasteiger partial charge in [-0.05, 0) is 42.3 Å². The van der Waals surface area contributed by atoms with Crippen LogP contribution in [0.2, 0.25) is 0 Å². The Morgan fingerprint density at radius 2 is 1.79 bits per heavy atom. The Labute approximate surface area is 222 Å². The number of aromatic nitrogens is 2. The van der Waals surface area contributed by atoms with E-state index in [0.29, 0.717) is 54.6 Å². The van der Waals surface area contributed by atoms with Crippen molar-refractivity contribution < 1.29 is 18.7 Å². The minimum atomic E-state index is -0.188. The lowest BCUT2D eigenvalue weighted by Gasteiger charge is -2.43. The second-order valence-electron chi connectivity index (χ2n) is 10.1. The molecule has 38 heavy (non-hydrogen) atoms. The van der Waals surface area contributed by atoms with E-state index in [4.69, 9.17) is 14.5 Å². The van der Waals surface area contributed by atoms with Crippen LogP contribution in [0, 0.1) is 11.7 Å². The summed E-state index contributed by atoms with van der Waals surface area (Å²) in [6, 6.07) is 18.1. The van der Waals surface area contributed by atoms with Gasteiger partial charge in [0.2, 0.25) is 0 Å². The van der Waals surface area contributed by atoms with Crippen molar-refractivity contribution in [3.8, 4) is 22.9 Å². The lowest BCUT2D eigenvalue weighted by atomic mass is 9.98. The highest BCUT2D eigenvalue weighted by molar-refractivity contribution is 5.98. The highest BCUT2D eigenvalue weighted by Crippen LogP contribution is 2.30. The number of rotatable bonds is 7. The van der Waals surface area contributed by atoms with Crippen molar-refractivity contribution in [2.45, 2.75) is 26.4 Å². The van der Waals surface area contributed by atoms with Gasteiger partial charge in [-0.25, -0.2) is 9.37 Å². The van der Waals surface area contributed by atoms with Gasteiger partial charge in [0, 0.05) is 55.0 Å². The fraction of sp³-hybridized carbons (Fsp3) is 0.333. The molecule has 7 nitrogen and oxygen atoms in total. The highest BCUT2D eigenvalue weighted by Gasteiger charge is 2.33. The predicted octanol–water partition coefficient (Wildman–Crippen LogP) is 5.37. The molecule has 5 rings (SSSR count). The molecule has 1 atom stereocenters. The number of benzene rings is 3. The van der Waals surface area contributed by atoms with E-state index in [9.17, 15) is 9.18 Å². The van der Waals surface area contributed by atoms with E-state index in [1.54, 1.807) is 20.3 Å². The number of fused-ring (bicyclic) bond motifs is 1. The summed E-state index contributed by atoms with van der Waals surface area (Å²) >= 11 is 0. The molecule has 1 amide bonds. The zero-order valence-electron chi connectivity index (χ0n) is 22.2. The summed E-state index contributed by atoms with van der Waals surface area (Å²) in [5, 5.41) is 0. The maximum Gasteiger partial charge on any atom is 0.254 e. The quantitative estimate of drug-likeness (QED) is 0.358. The average molecular weight is 517 g/mol. The summed E-state index contributed by atoms with van der Waals surface area (Å²) in [4.78, 5) is 26.0. The van der Waals surface area contributed by atoms with E-state index >= 15 is 0 Å². The van der Waals surface area contributed by atoms with Crippen molar-refractivity contribution in [2.24, 2.45) is 5.92 Å². The number of imidazole rings is 1. The maximum atomic E-state index is 14.2. The minimum absolute atomic E-state index is 0.00431. The second kappa shape index (κ2) is 10.8. The van der Waals surface area contributed by atoms with Crippen molar-refractivity contribution in [3.63, 3.8) is 0 Å². The van der Waals surface area contributed by atoms with Crippen LogP contribution in [-0.4, -0.2) is 65.6 Å². The smallest absolute Gasteiger partial charge is 0.254 e. The van der Waals surface area contributed by atoms with Crippen molar-refractivity contribution in [2.75, 3.05) is 33.9 Å². The van der Waals surface area contributed by atoms with Crippen LogP contribution in [0.15, 0.2) is 60.7 Å². The Balaban J connectivity index is 1.37. The van der Waals surface area contributed by atoms with E-state index in [0.717, 1.165) is 16.6 Å². The number of piperazine rings is 1. The number of nitrogens with zero attached hydrogens (tertiary/aromatic N) is 3. The van der Waals surface area contributed by atoms with Gasteiger partial charge in [0.15, 0.2) is 0 Å². The molecular weight excluding hydrogens is 483 g/mol. The average Bonchev–Trinajstić information content (AvgIpc) is 3.37. The molecule has 1 fully saturated rings. The van der Waals surface area contributed by atoms with Crippen LogP contribution in [-0.2, 0) is 6.54 Å². The van der Waals surface area contributed by atoms with Crippen LogP contribution in [0.25, 0.3) is 22.4 Å². The summed E-state index contributed by atoms with van der Waals surface area (Å²) in [7, 11) is 3.22. The third-order valence-electron chi connectivity index (χ3n) is 7.24. The van der Waals surface area contributed by atoms with Gasteiger partial charge in [0.05, 0.1) is 25.3 Å². The molecule has 4 aromatic rings. The van der Waals surface area contributed by atoms with Gasteiger partial charge in [-0.1, -0.05) is 32.0 Å². The molecule has 0 bridgehead atoms. The van der Waals surface area contributed by atoms with Crippen LogP contribution in [0.1, 0.15) is 29.8 Å². The standard InChI is InChI=1S/C30H33FN4O3/c1-19(2)28-18-34(17-21-7-5-6-8-25(21)31)11-12-35(28)30(36)20-9-10-26-27(15-20)33-29(32-26)22-13-23(37-3)16-24(14-22)38-4/h5-10,13-16,19,28H,11-12,17-18H2,1-4H3,(H,32,33). The van der Waals surface area contributed by atoms with Crippen LogP contribution < -0.4 is 9.47 Å². The molecule has 2 heterocycles. The van der Waals surface area contributed by atoms with Crippen molar-refractivity contribution >= 4 is 16.9 Å². The van der Waals surface area contributed by atoms with Gasteiger partial charge < -0.3 is 19.4 Å². The Kier molecular flexibility index (Phi) is 7.33. The van der Waals surface area contributed by atoms with Crippen LogP contribution >= 0.6 is 0 Å². The number of ether oxygens (including phenoxy) is 2. The molecule has 1 aliphatic rings. The van der Waals surface area contributed by atoms with Gasteiger partial charge in [0.25, 0.3) is 5.91 Å². The van der Waals surface area contributed by atoms with Gasteiger partial charge >= 0.3 is 0 Å². The predicted molar refractivity (Wildman–Crippen MR) is 146 cm³/mol. The summed E-state index contributed by atoms with van der Waals surface area (Å²) in [6.07, 6.45) is 0. The molecule has 1 unspecified atom stereocenters. The lowest BCUT2D eigenvalue weighted by molar-refractivity contribution is 0.0326. The molecule has 3 aromatic carbocycles. The molecule has 0 spiro atoms. The van der Waals surface area contributed by atoms with E-state index in [1.165, 1.54) is 6.07 Å². The number of carbonyl (C=O) groups excluding carboxylic acids is 1. The zero-order chi connectivity index (χ0) is 26.8. The Hall–Kier alpha value is -3.91. The number of methoxy groups -OCH3 is 2. The second-order valence-corrected chi connectivity index (χ2v) is 10.1. The molecule has 0 radical (unpaired) electrons. The maximum absolute atomic E-state index is 14.2. The molecule has 1 saturated heterocycles. The Morgan fingerprint density at radius 1 is 1.05 bits per heavy atom. The summed E-state index contributed by atoms with van der Waals surface area (Å²) < 4.78 is 25.0. The first-order valence-corrected chi connectivity index (χ1v) is 12.9. The molecule has 1 aromatic heterocycles. The zero-order valence-corrected chi connectivity index (χ0v) is 22.2. The summed E-state index contributed by atoms with van der Waals surface area (Å²) in [5.74, 6) is 2.08. The number of hydrogen-bond donors (Lipinski definition) is 1. The van der Waals surface area contributed by atoms with E-state index in [2.05, 4.69) is 23.7 Å². The number of H-pyrrole nitrogens is 1. The van der Waals surface area contributed by atoms with E-state index in [1.807, 2.05) is 53.4 Å². The number of carbonyl (C=O) groups is 1. The fourth-order valence-corrected chi connectivity index (χ4v) is 5.09. The number of halogens is 1. The largest absolute Gasteiger partial charge is 0.497 e. The molecule has 0 aliphatic carbocycles. The molecule has 198 valence electrons. The summed E-state index contributed by atoms with van der Waals surface area (Å²) in [5.41, 5.74) is 3.68. The van der Waals surface area contributed by atoms with Crippen LogP contribution in [0.5, 0.6) is 11.5 Å². The number of aromatic amines is 1. The van der Waals surface area contributed by atoms with Crippen molar-refractivity contribution in [3.05, 3.63) is 77.6 Å². The fourth-order valence-electron chi connectivity index (χ4n) is 5.09. The minimum Gasteiger partial charge on any atom is -0.497 e. The van der Waals surface area contributed by atoms with E-state index in [-0.39, 0.29) is 23.7 Å². The molecule has 0 saturated carbocycles. The molecular formula is C30H33FN4O3. The van der Waals surface area contributed by atoms with E-state index < -0.39 is 0 Å². The Morgan fingerprint density at radius 3 is 2.47 bits per heavy atom.